The van der Waals surface area contributed by atoms with Crippen LogP contribution in [-0.2, 0) is 4.79 Å². The number of carbonyl (C=O) groups is 2. The number of benzene rings is 1. The minimum atomic E-state index is -0.0690. The van der Waals surface area contributed by atoms with E-state index in [0.717, 1.165) is 19.5 Å². The average molecular weight is 275 g/mol. The van der Waals surface area contributed by atoms with Gasteiger partial charge in [0.25, 0.3) is 5.91 Å². The maximum atomic E-state index is 12.0. The Morgan fingerprint density at radius 1 is 1.25 bits per heavy atom. The number of rotatable bonds is 4. The third-order valence-corrected chi connectivity index (χ3v) is 3.33. The summed E-state index contributed by atoms with van der Waals surface area (Å²) in [6, 6.07) is 7.17. The fourth-order valence-electron chi connectivity index (χ4n) is 2.04. The van der Waals surface area contributed by atoms with E-state index in [1.54, 1.807) is 24.3 Å². The Balaban J connectivity index is 1.93. The Labute approximate surface area is 119 Å². The van der Waals surface area contributed by atoms with Crippen LogP contribution in [0.5, 0.6) is 0 Å². The minimum absolute atomic E-state index is 0.0285. The molecule has 1 aromatic carbocycles. The molecular formula is C15H21N3O2. The maximum Gasteiger partial charge on any atom is 0.251 e. The largest absolute Gasteiger partial charge is 0.348 e. The highest BCUT2D eigenvalue weighted by molar-refractivity contribution is 5.96. The highest BCUT2D eigenvalue weighted by Crippen LogP contribution is 2.11. The molecule has 0 aromatic heterocycles. The first-order valence-electron chi connectivity index (χ1n) is 6.99. The normalized spacial score (nSPS) is 18.1. The highest BCUT2D eigenvalue weighted by Gasteiger charge is 2.17. The number of carbonyl (C=O) groups excluding carboxylic acids is 2. The van der Waals surface area contributed by atoms with Crippen LogP contribution in [0.3, 0.4) is 0 Å². The van der Waals surface area contributed by atoms with Crippen molar-refractivity contribution in [3.63, 3.8) is 0 Å². The van der Waals surface area contributed by atoms with Gasteiger partial charge >= 0.3 is 0 Å². The lowest BCUT2D eigenvalue weighted by molar-refractivity contribution is -0.118. The predicted octanol–water partition coefficient (Wildman–Crippen LogP) is 1.37. The van der Waals surface area contributed by atoms with Crippen molar-refractivity contribution in [2.75, 3.05) is 18.4 Å². The molecule has 20 heavy (non-hydrogen) atoms. The zero-order valence-electron chi connectivity index (χ0n) is 11.9. The van der Waals surface area contributed by atoms with Gasteiger partial charge in [-0.1, -0.05) is 13.8 Å². The van der Waals surface area contributed by atoms with E-state index in [0.29, 0.717) is 11.3 Å². The summed E-state index contributed by atoms with van der Waals surface area (Å²) in [5.74, 6) is -0.160. The van der Waals surface area contributed by atoms with E-state index in [1.807, 2.05) is 13.8 Å². The molecule has 0 spiro atoms. The van der Waals surface area contributed by atoms with E-state index in [1.165, 1.54) is 0 Å². The summed E-state index contributed by atoms with van der Waals surface area (Å²) < 4.78 is 0. The van der Waals surface area contributed by atoms with Crippen LogP contribution in [0, 0.1) is 5.92 Å². The maximum absolute atomic E-state index is 12.0. The number of hydrogen-bond acceptors (Lipinski definition) is 3. The van der Waals surface area contributed by atoms with Crippen LogP contribution < -0.4 is 16.0 Å². The van der Waals surface area contributed by atoms with E-state index in [9.17, 15) is 9.59 Å². The number of hydrogen-bond donors (Lipinski definition) is 3. The monoisotopic (exact) mass is 275 g/mol. The van der Waals surface area contributed by atoms with Crippen LogP contribution >= 0.6 is 0 Å². The van der Waals surface area contributed by atoms with Crippen molar-refractivity contribution in [1.29, 1.82) is 0 Å². The van der Waals surface area contributed by atoms with E-state index >= 15 is 0 Å². The molecule has 1 aliphatic heterocycles. The first kappa shape index (κ1) is 14.5. The fourth-order valence-corrected chi connectivity index (χ4v) is 2.04. The zero-order chi connectivity index (χ0) is 14.5. The van der Waals surface area contributed by atoms with E-state index in [2.05, 4.69) is 16.0 Å². The van der Waals surface area contributed by atoms with Crippen molar-refractivity contribution in [2.45, 2.75) is 26.3 Å². The summed E-state index contributed by atoms with van der Waals surface area (Å²) in [6.45, 7) is 5.46. The lowest BCUT2D eigenvalue weighted by Crippen LogP contribution is -2.36. The fraction of sp³-hybridized carbons (Fsp3) is 0.467. The van der Waals surface area contributed by atoms with Gasteiger partial charge in [0, 0.05) is 29.8 Å². The minimum Gasteiger partial charge on any atom is -0.348 e. The highest BCUT2D eigenvalue weighted by atomic mass is 16.2. The Hall–Kier alpha value is -1.88. The van der Waals surface area contributed by atoms with Crippen molar-refractivity contribution in [1.82, 2.24) is 10.6 Å². The molecule has 2 amide bonds. The summed E-state index contributed by atoms with van der Waals surface area (Å²) in [6.07, 6.45) is 0.967. The van der Waals surface area contributed by atoms with Gasteiger partial charge in [-0.2, -0.15) is 0 Å². The van der Waals surface area contributed by atoms with E-state index in [4.69, 9.17) is 0 Å². The lowest BCUT2D eigenvalue weighted by Gasteiger charge is -2.12. The molecule has 1 atom stereocenters. The molecule has 1 saturated heterocycles. The van der Waals surface area contributed by atoms with Gasteiger partial charge in [0.1, 0.15) is 0 Å². The van der Waals surface area contributed by atoms with Crippen LogP contribution in [0.15, 0.2) is 24.3 Å². The molecule has 2 rings (SSSR count). The number of anilines is 1. The van der Waals surface area contributed by atoms with Crippen LogP contribution in [0.25, 0.3) is 0 Å². The second kappa shape index (κ2) is 6.52. The Kier molecular flexibility index (Phi) is 4.74. The van der Waals surface area contributed by atoms with Crippen LogP contribution in [0.2, 0.25) is 0 Å². The molecule has 1 unspecified atom stereocenters. The van der Waals surface area contributed by atoms with Crippen molar-refractivity contribution in [3.05, 3.63) is 29.8 Å². The van der Waals surface area contributed by atoms with Gasteiger partial charge in [-0.05, 0) is 37.2 Å². The Morgan fingerprint density at radius 3 is 2.50 bits per heavy atom. The smallest absolute Gasteiger partial charge is 0.251 e. The van der Waals surface area contributed by atoms with Crippen molar-refractivity contribution in [2.24, 2.45) is 5.92 Å². The average Bonchev–Trinajstić information content (AvgIpc) is 2.92. The van der Waals surface area contributed by atoms with Crippen molar-refractivity contribution in [3.8, 4) is 0 Å². The molecule has 0 aliphatic carbocycles. The summed E-state index contributed by atoms with van der Waals surface area (Å²) in [4.78, 5) is 23.6. The van der Waals surface area contributed by atoms with Gasteiger partial charge in [-0.15, -0.1) is 0 Å². The topological polar surface area (TPSA) is 70.2 Å². The van der Waals surface area contributed by atoms with E-state index < -0.39 is 0 Å². The summed E-state index contributed by atoms with van der Waals surface area (Å²) >= 11 is 0. The number of amides is 2. The molecule has 0 bridgehead atoms. The third-order valence-electron chi connectivity index (χ3n) is 3.33. The molecule has 1 aromatic rings. The molecule has 0 radical (unpaired) electrons. The first-order chi connectivity index (χ1) is 9.56. The molecule has 1 fully saturated rings. The molecule has 0 saturated carbocycles. The first-order valence-corrected chi connectivity index (χ1v) is 6.99. The van der Waals surface area contributed by atoms with Gasteiger partial charge in [0.2, 0.25) is 5.91 Å². The zero-order valence-corrected chi connectivity index (χ0v) is 11.9. The van der Waals surface area contributed by atoms with Gasteiger partial charge in [0.15, 0.2) is 0 Å². The second-order valence-electron chi connectivity index (χ2n) is 5.38. The summed E-state index contributed by atoms with van der Waals surface area (Å²) in [5, 5.41) is 8.99. The predicted molar refractivity (Wildman–Crippen MR) is 78.7 cm³/mol. The van der Waals surface area contributed by atoms with Crippen LogP contribution in [0.1, 0.15) is 30.6 Å². The molecule has 1 aliphatic rings. The third kappa shape index (κ3) is 3.81. The van der Waals surface area contributed by atoms with Gasteiger partial charge in [-0.25, -0.2) is 0 Å². The van der Waals surface area contributed by atoms with Gasteiger partial charge in [-0.3, -0.25) is 9.59 Å². The molecule has 3 N–H and O–H groups in total. The molecule has 108 valence electrons. The molecular weight excluding hydrogens is 254 g/mol. The Bertz CT molecular complexity index is 476. The van der Waals surface area contributed by atoms with Crippen LogP contribution in [0.4, 0.5) is 5.69 Å². The van der Waals surface area contributed by atoms with E-state index in [-0.39, 0.29) is 23.8 Å². The number of nitrogens with one attached hydrogen (secondary N) is 3. The van der Waals surface area contributed by atoms with Crippen molar-refractivity contribution >= 4 is 17.5 Å². The van der Waals surface area contributed by atoms with Crippen LogP contribution in [-0.4, -0.2) is 30.9 Å². The summed E-state index contributed by atoms with van der Waals surface area (Å²) in [7, 11) is 0. The standard InChI is InChI=1S/C15H21N3O2/c1-10(2)14(19)17-12-5-3-11(4-6-12)15(20)18-13-7-8-16-9-13/h3-6,10,13,16H,7-9H2,1-2H3,(H,17,19)(H,18,20). The SMILES string of the molecule is CC(C)C(=O)Nc1ccc(C(=O)NC2CCNC2)cc1. The molecule has 1 heterocycles. The molecule has 5 nitrogen and oxygen atoms in total. The second-order valence-corrected chi connectivity index (χ2v) is 5.38. The quantitative estimate of drug-likeness (QED) is 0.777. The van der Waals surface area contributed by atoms with Crippen molar-refractivity contribution < 1.29 is 9.59 Å². The Morgan fingerprint density at radius 2 is 1.95 bits per heavy atom. The molecule has 5 heteroatoms. The van der Waals surface area contributed by atoms with Gasteiger partial charge in [0.05, 0.1) is 0 Å². The summed E-state index contributed by atoms with van der Waals surface area (Å²) in [5.41, 5.74) is 1.32. The van der Waals surface area contributed by atoms with Gasteiger partial charge < -0.3 is 16.0 Å². The lowest BCUT2D eigenvalue weighted by atomic mass is 10.1.